The van der Waals surface area contributed by atoms with Gasteiger partial charge in [-0.15, -0.1) is 0 Å². The molecule has 8 heteroatoms. The van der Waals surface area contributed by atoms with Crippen LogP contribution in [-0.4, -0.2) is 54.5 Å². The molecule has 0 radical (unpaired) electrons. The second-order valence-corrected chi connectivity index (χ2v) is 9.61. The summed E-state index contributed by atoms with van der Waals surface area (Å²) in [5.74, 6) is 2.19. The molecule has 2 aromatic rings. The van der Waals surface area contributed by atoms with Crippen molar-refractivity contribution in [3.63, 3.8) is 0 Å². The van der Waals surface area contributed by atoms with Crippen molar-refractivity contribution in [2.75, 3.05) is 24.6 Å². The Morgan fingerprint density at radius 2 is 1.82 bits per heavy atom. The molecule has 2 unspecified atom stereocenters. The summed E-state index contributed by atoms with van der Waals surface area (Å²) in [6.45, 7) is 3.81. The van der Waals surface area contributed by atoms with Crippen molar-refractivity contribution < 1.29 is 13.2 Å². The Kier molecular flexibility index (Phi) is 4.28. The molecule has 28 heavy (non-hydrogen) atoms. The van der Waals surface area contributed by atoms with Crippen LogP contribution in [0.1, 0.15) is 37.8 Å². The molecule has 1 aliphatic carbocycles. The average Bonchev–Trinajstić information content (AvgIpc) is 3.54. The molecular formula is C20H24N4O3S. The van der Waals surface area contributed by atoms with E-state index in [0.29, 0.717) is 36.3 Å². The van der Waals surface area contributed by atoms with E-state index in [-0.39, 0.29) is 12.1 Å². The van der Waals surface area contributed by atoms with Crippen molar-refractivity contribution in [2.24, 2.45) is 0 Å². The highest BCUT2D eigenvalue weighted by atomic mass is 32.2. The number of hydrogen-bond donors (Lipinski definition) is 0. The molecule has 2 bridgehead atoms. The van der Waals surface area contributed by atoms with E-state index in [0.717, 1.165) is 17.9 Å². The molecule has 2 atom stereocenters. The fourth-order valence-electron chi connectivity index (χ4n) is 4.29. The third-order valence-corrected chi connectivity index (χ3v) is 7.85. The Bertz CT molecular complexity index is 963. The highest BCUT2D eigenvalue weighted by Gasteiger charge is 2.51. The number of sulfonamides is 1. The molecule has 0 spiro atoms. The topological polar surface area (TPSA) is 75.6 Å². The van der Waals surface area contributed by atoms with Gasteiger partial charge in [-0.1, -0.05) is 0 Å². The maximum absolute atomic E-state index is 13.1. The maximum atomic E-state index is 13.1. The highest BCUT2D eigenvalue weighted by molar-refractivity contribution is 7.89. The molecule has 3 saturated heterocycles. The van der Waals surface area contributed by atoms with Gasteiger partial charge in [-0.25, -0.2) is 18.4 Å². The van der Waals surface area contributed by atoms with Crippen LogP contribution in [-0.2, 0) is 10.0 Å². The lowest BCUT2D eigenvalue weighted by Gasteiger charge is -2.55. The molecule has 6 rings (SSSR count). The standard InChI is InChI=1S/C20H24N4O3S/c1-2-27-17-5-7-18(8-6-17)28(25,26)24-15-9-16(24)12-23(11-15)20-10-19(14-3-4-14)21-13-22-20/h5-8,10,13-16H,2-4,9,11-12H2,1H3. The highest BCUT2D eigenvalue weighted by Crippen LogP contribution is 2.41. The number of hydrogen-bond acceptors (Lipinski definition) is 6. The summed E-state index contributed by atoms with van der Waals surface area (Å²) in [4.78, 5) is 11.4. The van der Waals surface area contributed by atoms with Crippen LogP contribution in [0.4, 0.5) is 5.82 Å². The molecule has 4 heterocycles. The van der Waals surface area contributed by atoms with E-state index >= 15 is 0 Å². The number of piperidine rings is 1. The number of nitrogens with zero attached hydrogens (tertiary/aromatic N) is 4. The summed E-state index contributed by atoms with van der Waals surface area (Å²) >= 11 is 0. The van der Waals surface area contributed by atoms with Gasteiger partial charge in [0.15, 0.2) is 0 Å². The number of aromatic nitrogens is 2. The molecule has 0 N–H and O–H groups in total. The molecule has 1 saturated carbocycles. The molecule has 148 valence electrons. The lowest BCUT2D eigenvalue weighted by atomic mass is 9.91. The summed E-state index contributed by atoms with van der Waals surface area (Å²) in [6, 6.07) is 8.78. The lowest BCUT2D eigenvalue weighted by molar-refractivity contribution is 0.0874. The third-order valence-electron chi connectivity index (χ3n) is 5.83. The Morgan fingerprint density at radius 1 is 1.11 bits per heavy atom. The SMILES string of the molecule is CCOc1ccc(S(=O)(=O)N2C3CC2CN(c2cc(C4CC4)ncn2)C3)cc1. The number of rotatable bonds is 6. The Labute approximate surface area is 165 Å². The van der Waals surface area contributed by atoms with Gasteiger partial charge in [0.25, 0.3) is 0 Å². The molecule has 7 nitrogen and oxygen atoms in total. The normalized spacial score (nSPS) is 24.7. The van der Waals surface area contributed by atoms with Crippen molar-refractivity contribution in [1.29, 1.82) is 0 Å². The Morgan fingerprint density at radius 3 is 2.46 bits per heavy atom. The van der Waals surface area contributed by atoms with Crippen molar-refractivity contribution >= 4 is 15.8 Å². The van der Waals surface area contributed by atoms with Crippen molar-refractivity contribution in [3.8, 4) is 5.75 Å². The van der Waals surface area contributed by atoms with Gasteiger partial charge in [0.1, 0.15) is 17.9 Å². The largest absolute Gasteiger partial charge is 0.494 e. The van der Waals surface area contributed by atoms with Crippen LogP contribution in [0.15, 0.2) is 41.6 Å². The second kappa shape index (κ2) is 6.70. The minimum absolute atomic E-state index is 0.00495. The van der Waals surface area contributed by atoms with Gasteiger partial charge in [-0.3, -0.25) is 0 Å². The van der Waals surface area contributed by atoms with E-state index in [9.17, 15) is 8.42 Å². The van der Waals surface area contributed by atoms with Gasteiger partial charge in [-0.2, -0.15) is 4.31 Å². The summed E-state index contributed by atoms with van der Waals surface area (Å²) < 4.78 is 33.4. The van der Waals surface area contributed by atoms with Gasteiger partial charge in [0.05, 0.1) is 11.5 Å². The van der Waals surface area contributed by atoms with Gasteiger partial charge >= 0.3 is 0 Å². The van der Waals surface area contributed by atoms with Crippen LogP contribution in [0.5, 0.6) is 5.75 Å². The first kappa shape index (κ1) is 17.9. The molecule has 1 aromatic carbocycles. The number of fused-ring (bicyclic) bond motifs is 2. The monoisotopic (exact) mass is 400 g/mol. The number of anilines is 1. The number of benzene rings is 1. The van der Waals surface area contributed by atoms with Crippen LogP contribution in [0.25, 0.3) is 0 Å². The number of ether oxygens (including phenoxy) is 1. The fraction of sp³-hybridized carbons (Fsp3) is 0.500. The quantitative estimate of drug-likeness (QED) is 0.741. The van der Waals surface area contributed by atoms with Crippen molar-refractivity contribution in [2.45, 2.75) is 49.1 Å². The first-order chi connectivity index (χ1) is 13.6. The maximum Gasteiger partial charge on any atom is 0.243 e. The number of piperazine rings is 1. The zero-order chi connectivity index (χ0) is 19.3. The summed E-state index contributed by atoms with van der Waals surface area (Å²) in [5, 5.41) is 0. The van der Waals surface area contributed by atoms with E-state index in [1.807, 2.05) is 6.92 Å². The van der Waals surface area contributed by atoms with E-state index in [2.05, 4.69) is 20.9 Å². The molecule has 4 aliphatic rings. The predicted molar refractivity (Wildman–Crippen MR) is 105 cm³/mol. The Hall–Kier alpha value is -2.19. The van der Waals surface area contributed by atoms with Crippen LogP contribution >= 0.6 is 0 Å². The smallest absolute Gasteiger partial charge is 0.243 e. The second-order valence-electron chi connectivity index (χ2n) is 7.76. The molecule has 1 aromatic heterocycles. The van der Waals surface area contributed by atoms with Gasteiger partial charge < -0.3 is 9.64 Å². The van der Waals surface area contributed by atoms with Gasteiger partial charge in [0, 0.05) is 42.9 Å². The summed E-state index contributed by atoms with van der Waals surface area (Å²) in [6.07, 6.45) is 4.95. The van der Waals surface area contributed by atoms with Crippen LogP contribution in [0.2, 0.25) is 0 Å². The van der Waals surface area contributed by atoms with Crippen LogP contribution in [0, 0.1) is 0 Å². The van der Waals surface area contributed by atoms with Gasteiger partial charge in [0.2, 0.25) is 10.0 Å². The van der Waals surface area contributed by atoms with Crippen LogP contribution < -0.4 is 9.64 Å². The predicted octanol–water partition coefficient (Wildman–Crippen LogP) is 2.40. The van der Waals surface area contributed by atoms with Crippen molar-refractivity contribution in [3.05, 3.63) is 42.4 Å². The molecule has 0 amide bonds. The Balaban J connectivity index is 1.32. The zero-order valence-electron chi connectivity index (χ0n) is 15.9. The van der Waals surface area contributed by atoms with E-state index in [1.165, 1.54) is 12.8 Å². The molecule has 3 aliphatic heterocycles. The van der Waals surface area contributed by atoms with Gasteiger partial charge in [-0.05, 0) is 50.5 Å². The summed E-state index contributed by atoms with van der Waals surface area (Å²) in [5.41, 5.74) is 1.11. The third kappa shape index (κ3) is 3.04. The lowest BCUT2D eigenvalue weighted by Crippen LogP contribution is -2.70. The summed E-state index contributed by atoms with van der Waals surface area (Å²) in [7, 11) is -3.49. The zero-order valence-corrected chi connectivity index (χ0v) is 16.7. The van der Waals surface area contributed by atoms with E-state index in [4.69, 9.17) is 4.74 Å². The average molecular weight is 401 g/mol. The first-order valence-corrected chi connectivity index (χ1v) is 11.3. The fourth-order valence-corrected chi connectivity index (χ4v) is 6.10. The van der Waals surface area contributed by atoms with Crippen molar-refractivity contribution in [1.82, 2.24) is 14.3 Å². The van der Waals surface area contributed by atoms with E-state index < -0.39 is 10.0 Å². The molecule has 4 fully saturated rings. The molecular weight excluding hydrogens is 376 g/mol. The van der Waals surface area contributed by atoms with E-state index in [1.54, 1.807) is 34.9 Å². The minimum atomic E-state index is -3.49. The van der Waals surface area contributed by atoms with Crippen LogP contribution in [0.3, 0.4) is 0 Å². The first-order valence-electron chi connectivity index (χ1n) is 9.89. The minimum Gasteiger partial charge on any atom is -0.494 e.